The molecule has 110 valence electrons. The Labute approximate surface area is 120 Å². The molecule has 1 atom stereocenters. The van der Waals surface area contributed by atoms with Crippen LogP contribution in [0.1, 0.15) is 32.3 Å². The van der Waals surface area contributed by atoms with Crippen molar-refractivity contribution in [1.29, 1.82) is 0 Å². The van der Waals surface area contributed by atoms with Gasteiger partial charge in [-0.3, -0.25) is 4.79 Å². The first-order valence-electron chi connectivity index (χ1n) is 7.33. The number of benzene rings is 1. The summed E-state index contributed by atoms with van der Waals surface area (Å²) in [7, 11) is 0. The van der Waals surface area contributed by atoms with E-state index in [4.69, 9.17) is 10.5 Å². The van der Waals surface area contributed by atoms with E-state index in [1.807, 2.05) is 0 Å². The van der Waals surface area contributed by atoms with Gasteiger partial charge in [0.25, 0.3) is 0 Å². The van der Waals surface area contributed by atoms with Gasteiger partial charge in [0, 0.05) is 18.8 Å². The zero-order valence-corrected chi connectivity index (χ0v) is 12.4. The monoisotopic (exact) mass is 276 g/mol. The number of nitrogens with two attached hydrogens (primary N) is 1. The van der Waals surface area contributed by atoms with Gasteiger partial charge in [0.05, 0.1) is 6.61 Å². The van der Waals surface area contributed by atoms with Crippen molar-refractivity contribution in [3.63, 3.8) is 0 Å². The number of hydrogen-bond acceptors (Lipinski definition) is 4. The molecule has 4 heteroatoms. The number of nitrogens with zero attached hydrogens (tertiary/aromatic N) is 1. The fraction of sp³-hybridized carbons (Fsp3) is 0.562. The van der Waals surface area contributed by atoms with E-state index in [-0.39, 0.29) is 5.97 Å². The first kappa shape index (κ1) is 14.9. The number of carbonyl (C=O) groups excluding carboxylic acids is 1. The minimum Gasteiger partial charge on any atom is -0.465 e. The molecule has 2 N–H and O–H groups in total. The Balaban J connectivity index is 1.84. The minimum atomic E-state index is -0.880. The number of ether oxygens (including phenoxy) is 1. The number of fused-ring (bicyclic) bond motifs is 1. The molecule has 0 amide bonds. The lowest BCUT2D eigenvalue weighted by Crippen LogP contribution is -2.46. The van der Waals surface area contributed by atoms with E-state index in [9.17, 15) is 4.79 Å². The van der Waals surface area contributed by atoms with Crippen LogP contribution in [0.4, 0.5) is 5.69 Å². The Morgan fingerprint density at radius 1 is 1.45 bits per heavy atom. The largest absolute Gasteiger partial charge is 0.465 e. The van der Waals surface area contributed by atoms with Crippen LogP contribution in [0.15, 0.2) is 24.3 Å². The van der Waals surface area contributed by atoms with Crippen molar-refractivity contribution in [1.82, 2.24) is 0 Å². The van der Waals surface area contributed by atoms with Crippen molar-refractivity contribution in [2.24, 2.45) is 5.73 Å². The van der Waals surface area contributed by atoms with E-state index in [1.54, 1.807) is 13.8 Å². The van der Waals surface area contributed by atoms with Gasteiger partial charge in [0.15, 0.2) is 0 Å². The molecule has 0 radical (unpaired) electrons. The molecule has 1 aromatic carbocycles. The van der Waals surface area contributed by atoms with Crippen LogP contribution in [0, 0.1) is 0 Å². The summed E-state index contributed by atoms with van der Waals surface area (Å²) in [5, 5.41) is 0. The maximum absolute atomic E-state index is 11.7. The Morgan fingerprint density at radius 2 is 2.20 bits per heavy atom. The van der Waals surface area contributed by atoms with E-state index >= 15 is 0 Å². The smallest absolute Gasteiger partial charge is 0.325 e. The molecule has 0 bridgehead atoms. The molecule has 20 heavy (non-hydrogen) atoms. The van der Waals surface area contributed by atoms with E-state index < -0.39 is 5.54 Å². The van der Waals surface area contributed by atoms with Gasteiger partial charge in [-0.25, -0.2) is 0 Å². The molecule has 1 aromatic rings. The highest BCUT2D eigenvalue weighted by Gasteiger charge is 2.29. The molecule has 0 aromatic heterocycles. The van der Waals surface area contributed by atoms with Gasteiger partial charge in [0.2, 0.25) is 0 Å². The second-order valence-electron chi connectivity index (χ2n) is 5.61. The quantitative estimate of drug-likeness (QED) is 0.809. The van der Waals surface area contributed by atoms with Crippen molar-refractivity contribution in [2.45, 2.75) is 38.6 Å². The SMILES string of the molecule is CCOC(=O)C(C)(N)CCCN1CCc2ccccc21. The highest BCUT2D eigenvalue weighted by Crippen LogP contribution is 2.27. The third-order valence-corrected chi connectivity index (χ3v) is 3.85. The number of carbonyl (C=O) groups is 1. The van der Waals surface area contributed by atoms with Crippen LogP contribution in [0.2, 0.25) is 0 Å². The summed E-state index contributed by atoms with van der Waals surface area (Å²) in [5.41, 5.74) is 7.89. The number of esters is 1. The van der Waals surface area contributed by atoms with Crippen LogP contribution in [0.3, 0.4) is 0 Å². The van der Waals surface area contributed by atoms with Gasteiger partial charge in [-0.1, -0.05) is 18.2 Å². The van der Waals surface area contributed by atoms with Gasteiger partial charge in [-0.05, 0) is 44.7 Å². The minimum absolute atomic E-state index is 0.304. The Kier molecular flexibility index (Phi) is 4.65. The topological polar surface area (TPSA) is 55.6 Å². The van der Waals surface area contributed by atoms with Crippen LogP contribution >= 0.6 is 0 Å². The molecule has 0 spiro atoms. The molecule has 1 aliphatic rings. The zero-order chi connectivity index (χ0) is 14.6. The molecule has 0 saturated heterocycles. The summed E-state index contributed by atoms with van der Waals surface area (Å²) in [6, 6.07) is 8.50. The van der Waals surface area contributed by atoms with E-state index in [0.29, 0.717) is 13.0 Å². The number of hydrogen-bond donors (Lipinski definition) is 1. The second-order valence-corrected chi connectivity index (χ2v) is 5.61. The predicted octanol–water partition coefficient (Wildman–Crippen LogP) is 2.11. The maximum Gasteiger partial charge on any atom is 0.325 e. The molecule has 0 fully saturated rings. The molecule has 1 unspecified atom stereocenters. The van der Waals surface area contributed by atoms with Crippen molar-refractivity contribution < 1.29 is 9.53 Å². The molecule has 1 aliphatic heterocycles. The summed E-state index contributed by atoms with van der Waals surface area (Å²) in [5.74, 6) is -0.304. The predicted molar refractivity (Wildman–Crippen MR) is 80.8 cm³/mol. The summed E-state index contributed by atoms with van der Waals surface area (Å²) >= 11 is 0. The lowest BCUT2D eigenvalue weighted by molar-refractivity contribution is -0.149. The average Bonchev–Trinajstić information content (AvgIpc) is 2.82. The van der Waals surface area contributed by atoms with Crippen molar-refractivity contribution in [3.8, 4) is 0 Å². The second kappa shape index (κ2) is 6.27. The maximum atomic E-state index is 11.7. The van der Waals surface area contributed by atoms with Gasteiger partial charge in [-0.15, -0.1) is 0 Å². The third kappa shape index (κ3) is 3.31. The van der Waals surface area contributed by atoms with Crippen LogP contribution in [0.25, 0.3) is 0 Å². The molecular formula is C16H24N2O2. The molecule has 0 saturated carbocycles. The fourth-order valence-electron chi connectivity index (χ4n) is 2.67. The number of para-hydroxylation sites is 1. The Hall–Kier alpha value is -1.55. The molecular weight excluding hydrogens is 252 g/mol. The van der Waals surface area contributed by atoms with E-state index in [2.05, 4.69) is 29.2 Å². The lowest BCUT2D eigenvalue weighted by atomic mass is 9.97. The fourth-order valence-corrected chi connectivity index (χ4v) is 2.67. The van der Waals surface area contributed by atoms with Crippen LogP contribution in [-0.2, 0) is 16.0 Å². The summed E-state index contributed by atoms with van der Waals surface area (Å²) in [6.07, 6.45) is 2.64. The normalized spacial score (nSPS) is 16.6. The van der Waals surface area contributed by atoms with Crippen LogP contribution < -0.4 is 10.6 Å². The van der Waals surface area contributed by atoms with Crippen LogP contribution in [-0.4, -0.2) is 31.2 Å². The molecule has 1 heterocycles. The van der Waals surface area contributed by atoms with Crippen molar-refractivity contribution in [2.75, 3.05) is 24.6 Å². The zero-order valence-electron chi connectivity index (χ0n) is 12.4. The van der Waals surface area contributed by atoms with Gasteiger partial charge < -0.3 is 15.4 Å². The van der Waals surface area contributed by atoms with Crippen LogP contribution in [0.5, 0.6) is 0 Å². The standard InChI is InChI=1S/C16H24N2O2/c1-3-20-15(19)16(2,17)10-6-11-18-12-9-13-7-4-5-8-14(13)18/h4-5,7-8H,3,6,9-12,17H2,1-2H3. The number of anilines is 1. The Bertz CT molecular complexity index is 471. The van der Waals surface area contributed by atoms with Gasteiger partial charge in [-0.2, -0.15) is 0 Å². The van der Waals surface area contributed by atoms with E-state index in [0.717, 1.165) is 25.9 Å². The molecule has 0 aliphatic carbocycles. The first-order chi connectivity index (χ1) is 9.54. The highest BCUT2D eigenvalue weighted by atomic mass is 16.5. The first-order valence-corrected chi connectivity index (χ1v) is 7.33. The molecule has 4 nitrogen and oxygen atoms in total. The van der Waals surface area contributed by atoms with Crippen molar-refractivity contribution >= 4 is 11.7 Å². The Morgan fingerprint density at radius 3 is 2.95 bits per heavy atom. The highest BCUT2D eigenvalue weighted by molar-refractivity contribution is 5.79. The lowest BCUT2D eigenvalue weighted by Gasteiger charge is -2.24. The summed E-state index contributed by atoms with van der Waals surface area (Å²) < 4.78 is 5.01. The molecule has 2 rings (SSSR count). The summed E-state index contributed by atoms with van der Waals surface area (Å²) in [6.45, 7) is 5.92. The average molecular weight is 276 g/mol. The van der Waals surface area contributed by atoms with Gasteiger partial charge in [0.1, 0.15) is 5.54 Å². The van der Waals surface area contributed by atoms with E-state index in [1.165, 1.54) is 11.3 Å². The summed E-state index contributed by atoms with van der Waals surface area (Å²) in [4.78, 5) is 14.1. The van der Waals surface area contributed by atoms with Crippen molar-refractivity contribution in [3.05, 3.63) is 29.8 Å². The van der Waals surface area contributed by atoms with Gasteiger partial charge >= 0.3 is 5.97 Å². The number of rotatable bonds is 6. The third-order valence-electron chi connectivity index (χ3n) is 3.85.